The zero-order valence-electron chi connectivity index (χ0n) is 10.6. The number of nitrogens with zero attached hydrogens (tertiary/aromatic N) is 1. The van der Waals surface area contributed by atoms with Gasteiger partial charge in [-0.25, -0.2) is 8.78 Å². The van der Waals surface area contributed by atoms with Crippen LogP contribution in [0.5, 0.6) is 0 Å². The van der Waals surface area contributed by atoms with Gasteiger partial charge in [-0.3, -0.25) is 4.79 Å². The second-order valence-electron chi connectivity index (χ2n) is 4.90. The summed E-state index contributed by atoms with van der Waals surface area (Å²) in [6, 6.07) is 2.87. The summed E-state index contributed by atoms with van der Waals surface area (Å²) in [5.74, 6) is -1.72. The number of likely N-dealkylation sites (tertiary alicyclic amines) is 1. The van der Waals surface area contributed by atoms with Crippen LogP contribution in [0.2, 0.25) is 0 Å². The fourth-order valence-electron chi connectivity index (χ4n) is 2.26. The number of carbonyl (C=O) groups excluding carboxylic acids is 1. The average Bonchev–Trinajstić information content (AvgIpc) is 2.36. The Morgan fingerprint density at radius 3 is 2.37 bits per heavy atom. The molecule has 1 aromatic carbocycles. The first kappa shape index (κ1) is 14.1. The standard InChI is InChI=1S/C14H17F2NO2/c15-11-7-10(8-12(16)9-11)14(19)3-6-17-4-1-13(18)2-5-17/h7-9,13,18H,1-6H2. The fourth-order valence-corrected chi connectivity index (χ4v) is 2.26. The van der Waals surface area contributed by atoms with Gasteiger partial charge in [0.2, 0.25) is 0 Å². The SMILES string of the molecule is O=C(CCN1CCC(O)CC1)c1cc(F)cc(F)c1. The summed E-state index contributed by atoms with van der Waals surface area (Å²) in [7, 11) is 0. The van der Waals surface area contributed by atoms with Crippen LogP contribution in [0.3, 0.4) is 0 Å². The zero-order valence-corrected chi connectivity index (χ0v) is 10.6. The molecule has 19 heavy (non-hydrogen) atoms. The molecule has 104 valence electrons. The maximum atomic E-state index is 13.0. The van der Waals surface area contributed by atoms with E-state index in [1.165, 1.54) is 0 Å². The predicted octanol–water partition coefficient (Wildman–Crippen LogP) is 1.99. The first-order chi connectivity index (χ1) is 9.04. The highest BCUT2D eigenvalue weighted by Crippen LogP contribution is 2.13. The number of piperidine rings is 1. The molecule has 0 spiro atoms. The lowest BCUT2D eigenvalue weighted by Gasteiger charge is -2.29. The first-order valence-corrected chi connectivity index (χ1v) is 6.44. The smallest absolute Gasteiger partial charge is 0.164 e. The number of carbonyl (C=O) groups is 1. The Bertz CT molecular complexity index is 437. The van der Waals surface area contributed by atoms with Gasteiger partial charge < -0.3 is 10.0 Å². The van der Waals surface area contributed by atoms with Gasteiger partial charge in [-0.15, -0.1) is 0 Å². The van der Waals surface area contributed by atoms with Crippen LogP contribution < -0.4 is 0 Å². The number of hydrogen-bond acceptors (Lipinski definition) is 3. The van der Waals surface area contributed by atoms with Crippen molar-refractivity contribution in [2.45, 2.75) is 25.4 Å². The van der Waals surface area contributed by atoms with Gasteiger partial charge in [0.15, 0.2) is 5.78 Å². The van der Waals surface area contributed by atoms with Crippen molar-refractivity contribution in [1.82, 2.24) is 4.90 Å². The highest BCUT2D eigenvalue weighted by atomic mass is 19.1. The summed E-state index contributed by atoms with van der Waals surface area (Å²) in [6.07, 6.45) is 1.41. The van der Waals surface area contributed by atoms with Gasteiger partial charge in [0.1, 0.15) is 11.6 Å². The highest BCUT2D eigenvalue weighted by molar-refractivity contribution is 5.96. The minimum absolute atomic E-state index is 0.0783. The Morgan fingerprint density at radius 2 is 1.79 bits per heavy atom. The van der Waals surface area contributed by atoms with Crippen molar-refractivity contribution in [3.8, 4) is 0 Å². The van der Waals surface area contributed by atoms with Gasteiger partial charge in [0.25, 0.3) is 0 Å². The number of aliphatic hydroxyl groups is 1. The van der Waals surface area contributed by atoms with Crippen LogP contribution in [0.25, 0.3) is 0 Å². The highest BCUT2D eigenvalue weighted by Gasteiger charge is 2.18. The molecule has 3 nitrogen and oxygen atoms in total. The van der Waals surface area contributed by atoms with Crippen molar-refractivity contribution in [2.75, 3.05) is 19.6 Å². The molecule has 1 heterocycles. The van der Waals surface area contributed by atoms with E-state index in [0.717, 1.165) is 31.3 Å². The van der Waals surface area contributed by atoms with E-state index in [1.807, 2.05) is 0 Å². The lowest BCUT2D eigenvalue weighted by Crippen LogP contribution is -2.37. The number of hydrogen-bond donors (Lipinski definition) is 1. The molecule has 0 unspecified atom stereocenters. The lowest BCUT2D eigenvalue weighted by molar-refractivity contribution is 0.0778. The Balaban J connectivity index is 1.87. The Labute approximate surface area is 110 Å². The van der Waals surface area contributed by atoms with Crippen molar-refractivity contribution < 1.29 is 18.7 Å². The molecular weight excluding hydrogens is 252 g/mol. The van der Waals surface area contributed by atoms with Gasteiger partial charge in [0, 0.05) is 37.7 Å². The van der Waals surface area contributed by atoms with Crippen LogP contribution in [0, 0.1) is 11.6 Å². The van der Waals surface area contributed by atoms with Crippen molar-refractivity contribution >= 4 is 5.78 Å². The quantitative estimate of drug-likeness (QED) is 0.850. The summed E-state index contributed by atoms with van der Waals surface area (Å²) in [5.41, 5.74) is 0.0783. The molecule has 0 amide bonds. The number of aliphatic hydroxyl groups excluding tert-OH is 1. The maximum absolute atomic E-state index is 13.0. The number of ketones is 1. The summed E-state index contributed by atoms with van der Waals surface area (Å²) in [6.45, 7) is 2.07. The van der Waals surface area contributed by atoms with Crippen molar-refractivity contribution in [1.29, 1.82) is 0 Å². The molecule has 1 fully saturated rings. The molecule has 0 bridgehead atoms. The normalized spacial score (nSPS) is 17.6. The number of benzene rings is 1. The minimum Gasteiger partial charge on any atom is -0.393 e. The average molecular weight is 269 g/mol. The van der Waals surface area contributed by atoms with E-state index in [9.17, 15) is 18.7 Å². The topological polar surface area (TPSA) is 40.5 Å². The largest absolute Gasteiger partial charge is 0.393 e. The molecule has 0 atom stereocenters. The van der Waals surface area contributed by atoms with Crippen molar-refractivity contribution in [3.05, 3.63) is 35.4 Å². The van der Waals surface area contributed by atoms with Gasteiger partial charge in [-0.2, -0.15) is 0 Å². The number of rotatable bonds is 4. The molecule has 0 aromatic heterocycles. The molecule has 5 heteroatoms. The van der Waals surface area contributed by atoms with E-state index in [0.29, 0.717) is 19.4 Å². The van der Waals surface area contributed by atoms with Crippen LogP contribution in [0.15, 0.2) is 18.2 Å². The molecular formula is C14H17F2NO2. The molecule has 1 aliphatic heterocycles. The summed E-state index contributed by atoms with van der Waals surface area (Å²) >= 11 is 0. The molecule has 1 aromatic rings. The first-order valence-electron chi connectivity index (χ1n) is 6.44. The summed E-state index contributed by atoms with van der Waals surface area (Å²) < 4.78 is 26.0. The van der Waals surface area contributed by atoms with Crippen LogP contribution in [0.4, 0.5) is 8.78 Å². The van der Waals surface area contributed by atoms with E-state index in [-0.39, 0.29) is 23.9 Å². The molecule has 0 radical (unpaired) electrons. The van der Waals surface area contributed by atoms with Gasteiger partial charge >= 0.3 is 0 Å². The minimum atomic E-state index is -0.732. The van der Waals surface area contributed by atoms with Crippen LogP contribution in [0.1, 0.15) is 29.6 Å². The van der Waals surface area contributed by atoms with E-state index < -0.39 is 11.6 Å². The van der Waals surface area contributed by atoms with E-state index in [1.54, 1.807) is 0 Å². The lowest BCUT2D eigenvalue weighted by atomic mass is 10.1. The second kappa shape index (κ2) is 6.21. The van der Waals surface area contributed by atoms with Crippen molar-refractivity contribution in [3.63, 3.8) is 0 Å². The molecule has 0 saturated carbocycles. The molecule has 1 aliphatic rings. The van der Waals surface area contributed by atoms with Gasteiger partial charge in [0.05, 0.1) is 6.10 Å². The monoisotopic (exact) mass is 269 g/mol. The molecule has 0 aliphatic carbocycles. The van der Waals surface area contributed by atoms with E-state index in [4.69, 9.17) is 0 Å². The van der Waals surface area contributed by atoms with Crippen LogP contribution >= 0.6 is 0 Å². The van der Waals surface area contributed by atoms with Crippen molar-refractivity contribution in [2.24, 2.45) is 0 Å². The van der Waals surface area contributed by atoms with Gasteiger partial charge in [-0.1, -0.05) is 0 Å². The predicted molar refractivity (Wildman–Crippen MR) is 67.0 cm³/mol. The third-order valence-corrected chi connectivity index (χ3v) is 3.40. The van der Waals surface area contributed by atoms with Crippen LogP contribution in [-0.4, -0.2) is 41.5 Å². The summed E-state index contributed by atoms with van der Waals surface area (Å²) in [4.78, 5) is 13.9. The van der Waals surface area contributed by atoms with E-state index >= 15 is 0 Å². The Kier molecular flexibility index (Phi) is 4.61. The Hall–Kier alpha value is -1.33. The molecule has 1 saturated heterocycles. The number of Topliss-reactive ketones (excluding diaryl/α,β-unsaturated/α-hetero) is 1. The zero-order chi connectivity index (χ0) is 13.8. The van der Waals surface area contributed by atoms with E-state index in [2.05, 4.69) is 4.90 Å². The number of halogens is 2. The second-order valence-corrected chi connectivity index (χ2v) is 4.90. The molecule has 1 N–H and O–H groups in total. The fraction of sp³-hybridized carbons (Fsp3) is 0.500. The third-order valence-electron chi connectivity index (χ3n) is 3.40. The summed E-state index contributed by atoms with van der Waals surface area (Å²) in [5, 5.41) is 9.37. The van der Waals surface area contributed by atoms with Crippen LogP contribution in [-0.2, 0) is 0 Å². The van der Waals surface area contributed by atoms with Gasteiger partial charge in [-0.05, 0) is 25.0 Å². The maximum Gasteiger partial charge on any atom is 0.164 e. The Morgan fingerprint density at radius 1 is 1.21 bits per heavy atom. The third kappa shape index (κ3) is 4.08. The molecule has 2 rings (SSSR count).